The van der Waals surface area contributed by atoms with Crippen molar-refractivity contribution >= 4 is 23.8 Å². The Morgan fingerprint density at radius 1 is 1.20 bits per heavy atom. The molecule has 1 spiro atoms. The maximum Gasteiger partial charge on any atom is 0.255 e. The van der Waals surface area contributed by atoms with Gasteiger partial charge in [-0.15, -0.1) is 0 Å². The normalized spacial score (nSPS) is 26.0. The molecule has 0 radical (unpaired) electrons. The lowest BCUT2D eigenvalue weighted by atomic mass is 9.91. The van der Waals surface area contributed by atoms with Crippen LogP contribution in [0, 0.1) is 0 Å². The summed E-state index contributed by atoms with van der Waals surface area (Å²) in [7, 11) is 0. The van der Waals surface area contributed by atoms with Crippen molar-refractivity contribution in [3.8, 4) is 5.75 Å². The quantitative estimate of drug-likeness (QED) is 0.714. The second-order valence-electron chi connectivity index (χ2n) is 7.05. The molecular formula is C18H17N3O4. The maximum atomic E-state index is 12.8. The Labute approximate surface area is 144 Å². The van der Waals surface area contributed by atoms with Crippen LogP contribution in [0.5, 0.6) is 5.75 Å². The van der Waals surface area contributed by atoms with E-state index in [0.717, 1.165) is 24.2 Å². The molecule has 1 unspecified atom stereocenters. The van der Waals surface area contributed by atoms with Gasteiger partial charge in [0.2, 0.25) is 11.8 Å². The molecule has 4 aliphatic rings. The van der Waals surface area contributed by atoms with Gasteiger partial charge in [0.05, 0.1) is 0 Å². The Kier molecular flexibility index (Phi) is 2.88. The lowest BCUT2D eigenvalue weighted by Crippen LogP contribution is -2.62. The van der Waals surface area contributed by atoms with E-state index in [1.807, 2.05) is 12.1 Å². The zero-order valence-electron chi connectivity index (χ0n) is 13.5. The number of fused-ring (bicyclic) bond motifs is 2. The number of hydrogen-bond donors (Lipinski definition) is 2. The van der Waals surface area contributed by atoms with Crippen LogP contribution in [0.1, 0.15) is 34.3 Å². The molecule has 1 aromatic carbocycles. The largest absolute Gasteiger partial charge is 0.480 e. The van der Waals surface area contributed by atoms with Gasteiger partial charge in [-0.2, -0.15) is 0 Å². The maximum absolute atomic E-state index is 12.8. The van der Waals surface area contributed by atoms with Gasteiger partial charge in [0, 0.05) is 37.2 Å². The first kappa shape index (κ1) is 14.7. The number of rotatable bonds is 1. The van der Waals surface area contributed by atoms with E-state index in [4.69, 9.17) is 4.74 Å². The van der Waals surface area contributed by atoms with Crippen LogP contribution in [-0.2, 0) is 16.1 Å². The highest BCUT2D eigenvalue weighted by molar-refractivity contribution is 6.05. The highest BCUT2D eigenvalue weighted by Crippen LogP contribution is 2.38. The highest BCUT2D eigenvalue weighted by atomic mass is 16.5. The number of nitrogens with zero attached hydrogens (tertiary/aromatic N) is 1. The van der Waals surface area contributed by atoms with Gasteiger partial charge in [0.1, 0.15) is 11.8 Å². The van der Waals surface area contributed by atoms with Crippen molar-refractivity contribution in [3.05, 3.63) is 34.9 Å². The van der Waals surface area contributed by atoms with Crippen molar-refractivity contribution in [2.75, 3.05) is 13.1 Å². The van der Waals surface area contributed by atoms with Gasteiger partial charge in [-0.25, -0.2) is 0 Å². The lowest BCUT2D eigenvalue weighted by Gasteiger charge is -2.42. The fourth-order valence-corrected chi connectivity index (χ4v) is 3.89. The first-order valence-corrected chi connectivity index (χ1v) is 8.45. The molecular weight excluding hydrogens is 322 g/mol. The number of ether oxygens (including phenoxy) is 1. The highest BCUT2D eigenvalue weighted by Gasteiger charge is 2.42. The van der Waals surface area contributed by atoms with Crippen molar-refractivity contribution in [2.45, 2.75) is 31.0 Å². The number of amides is 3. The second kappa shape index (κ2) is 4.92. The smallest absolute Gasteiger partial charge is 0.255 e. The predicted molar refractivity (Wildman–Crippen MR) is 87.7 cm³/mol. The predicted octanol–water partition coefficient (Wildman–Crippen LogP) is 0.195. The van der Waals surface area contributed by atoms with Crippen LogP contribution in [0.4, 0.5) is 0 Å². The van der Waals surface area contributed by atoms with Crippen LogP contribution >= 0.6 is 0 Å². The van der Waals surface area contributed by atoms with Gasteiger partial charge in [-0.1, -0.05) is 6.08 Å². The first-order chi connectivity index (χ1) is 12.0. The number of imide groups is 1. The Bertz CT molecular complexity index is 856. The zero-order valence-corrected chi connectivity index (χ0v) is 13.5. The molecule has 4 heterocycles. The summed E-state index contributed by atoms with van der Waals surface area (Å²) >= 11 is 0. The minimum Gasteiger partial charge on any atom is -0.480 e. The number of carbonyl (C=O) groups excluding carboxylic acids is 3. The molecule has 2 fully saturated rings. The van der Waals surface area contributed by atoms with E-state index in [9.17, 15) is 14.4 Å². The monoisotopic (exact) mass is 339 g/mol. The van der Waals surface area contributed by atoms with E-state index in [1.165, 1.54) is 0 Å². The van der Waals surface area contributed by atoms with Crippen molar-refractivity contribution < 1.29 is 19.1 Å². The summed E-state index contributed by atoms with van der Waals surface area (Å²) in [5, 5.41) is 5.52. The van der Waals surface area contributed by atoms with Crippen LogP contribution in [0.15, 0.2) is 18.2 Å². The van der Waals surface area contributed by atoms with Crippen LogP contribution < -0.4 is 15.4 Å². The molecule has 5 rings (SSSR count). The molecule has 1 atom stereocenters. The summed E-state index contributed by atoms with van der Waals surface area (Å²) in [5.74, 6) is -0.135. The molecule has 25 heavy (non-hydrogen) atoms. The fourth-order valence-electron chi connectivity index (χ4n) is 3.89. The minimum absolute atomic E-state index is 0.175. The Balaban J connectivity index is 1.45. The van der Waals surface area contributed by atoms with Gasteiger partial charge in [0.25, 0.3) is 5.91 Å². The topological polar surface area (TPSA) is 87.7 Å². The number of benzene rings is 1. The SMILES string of the molecule is O=C1CCC(N2Cc3cc4c(cc3C2=O)OC2(C=C4)CNC2)C(=O)N1. The molecule has 2 N–H and O–H groups in total. The summed E-state index contributed by atoms with van der Waals surface area (Å²) < 4.78 is 6.10. The Hall–Kier alpha value is -2.67. The summed E-state index contributed by atoms with van der Waals surface area (Å²) in [6.45, 7) is 1.90. The molecule has 3 amide bonds. The van der Waals surface area contributed by atoms with Crippen molar-refractivity contribution in [2.24, 2.45) is 0 Å². The molecule has 7 heteroatoms. The zero-order chi connectivity index (χ0) is 17.2. The molecule has 2 saturated heterocycles. The summed E-state index contributed by atoms with van der Waals surface area (Å²) in [6, 6.07) is 3.17. The summed E-state index contributed by atoms with van der Waals surface area (Å²) in [4.78, 5) is 37.8. The number of hydrogen-bond acceptors (Lipinski definition) is 5. The first-order valence-electron chi connectivity index (χ1n) is 8.45. The molecule has 0 aliphatic carbocycles. The van der Waals surface area contributed by atoms with Crippen LogP contribution in [0.2, 0.25) is 0 Å². The van der Waals surface area contributed by atoms with E-state index < -0.39 is 11.9 Å². The van der Waals surface area contributed by atoms with Gasteiger partial charge in [0.15, 0.2) is 5.60 Å². The van der Waals surface area contributed by atoms with Gasteiger partial charge in [-0.05, 0) is 30.2 Å². The molecule has 7 nitrogen and oxygen atoms in total. The van der Waals surface area contributed by atoms with Crippen molar-refractivity contribution in [1.29, 1.82) is 0 Å². The van der Waals surface area contributed by atoms with Crippen molar-refractivity contribution in [1.82, 2.24) is 15.5 Å². The Morgan fingerprint density at radius 3 is 2.76 bits per heavy atom. The van der Waals surface area contributed by atoms with Gasteiger partial charge >= 0.3 is 0 Å². The fraction of sp³-hybridized carbons (Fsp3) is 0.389. The number of nitrogens with one attached hydrogen (secondary N) is 2. The van der Waals surface area contributed by atoms with E-state index in [2.05, 4.69) is 16.7 Å². The van der Waals surface area contributed by atoms with E-state index in [-0.39, 0.29) is 23.8 Å². The lowest BCUT2D eigenvalue weighted by molar-refractivity contribution is -0.136. The molecule has 0 aromatic heterocycles. The third-order valence-electron chi connectivity index (χ3n) is 5.38. The molecule has 0 saturated carbocycles. The third-order valence-corrected chi connectivity index (χ3v) is 5.38. The number of carbonyl (C=O) groups is 3. The number of piperidine rings is 1. The van der Waals surface area contributed by atoms with E-state index in [1.54, 1.807) is 11.0 Å². The van der Waals surface area contributed by atoms with Crippen molar-refractivity contribution in [3.63, 3.8) is 0 Å². The molecule has 128 valence electrons. The average Bonchev–Trinajstić information content (AvgIpc) is 2.87. The molecule has 4 aliphatic heterocycles. The summed E-state index contributed by atoms with van der Waals surface area (Å²) in [6.07, 6.45) is 4.73. The van der Waals surface area contributed by atoms with Crippen LogP contribution in [-0.4, -0.2) is 47.4 Å². The second-order valence-corrected chi connectivity index (χ2v) is 7.05. The molecule has 0 bridgehead atoms. The average molecular weight is 339 g/mol. The van der Waals surface area contributed by atoms with Crippen LogP contribution in [0.25, 0.3) is 6.08 Å². The summed E-state index contributed by atoms with van der Waals surface area (Å²) in [5.41, 5.74) is 2.13. The molecule has 1 aromatic rings. The van der Waals surface area contributed by atoms with Gasteiger partial charge in [-0.3, -0.25) is 19.7 Å². The van der Waals surface area contributed by atoms with E-state index >= 15 is 0 Å². The third kappa shape index (κ3) is 2.12. The standard InChI is InChI=1S/C18H17N3O4/c22-15-2-1-13(16(23)20-15)21-7-11-5-10-3-4-18(8-19-9-18)25-14(10)6-12(11)17(21)24/h3-6,13,19H,1-2,7-9H2,(H,20,22,23). The van der Waals surface area contributed by atoms with Crippen LogP contribution in [0.3, 0.4) is 0 Å². The van der Waals surface area contributed by atoms with E-state index in [0.29, 0.717) is 24.3 Å². The Morgan fingerprint density at radius 2 is 2.04 bits per heavy atom. The van der Waals surface area contributed by atoms with Gasteiger partial charge < -0.3 is 15.0 Å². The minimum atomic E-state index is -0.590.